The molecule has 0 aliphatic heterocycles. The molecule has 5 nitrogen and oxygen atoms in total. The number of aromatic carboxylic acids is 1. The highest BCUT2D eigenvalue weighted by molar-refractivity contribution is 5.94. The van der Waals surface area contributed by atoms with E-state index in [-0.39, 0.29) is 5.56 Å². The number of carboxylic acid groups (broad SMARTS) is 1. The highest BCUT2D eigenvalue weighted by Crippen LogP contribution is 2.29. The fraction of sp³-hybridized carbons (Fsp3) is 0.111. The molecular weight excluding hydrogens is 292 g/mol. The Bertz CT molecular complexity index is 873. The zero-order valence-electron chi connectivity index (χ0n) is 12.8. The lowest BCUT2D eigenvalue weighted by molar-refractivity contribution is -0.255. The fourth-order valence-electron chi connectivity index (χ4n) is 2.41. The van der Waals surface area contributed by atoms with Gasteiger partial charge in [0.15, 0.2) is 0 Å². The number of nitrogens with zero attached hydrogens (tertiary/aromatic N) is 1. The van der Waals surface area contributed by atoms with E-state index < -0.39 is 5.97 Å². The first kappa shape index (κ1) is 14.8. The van der Waals surface area contributed by atoms with E-state index >= 15 is 0 Å². The Hall–Kier alpha value is -3.08. The lowest BCUT2D eigenvalue weighted by Gasteiger charge is -2.12. The number of hydrogen-bond acceptors (Lipinski definition) is 5. The summed E-state index contributed by atoms with van der Waals surface area (Å²) >= 11 is 0. The highest BCUT2D eigenvalue weighted by Gasteiger charge is 2.06. The fourth-order valence-corrected chi connectivity index (χ4v) is 2.41. The standard InChI is InChI=1S/C18H16N2O3/c1-11-9-17(15-10-14(23-2)7-8-16(15)19-11)20-13-5-3-12(4-6-13)18(21)22/h3-10H,1-2H3,(H,19,20)(H,21,22)/p-1. The number of aromatic nitrogens is 1. The number of carbonyl (C=O) groups excluding carboxylic acids is 1. The predicted molar refractivity (Wildman–Crippen MR) is 87.1 cm³/mol. The molecule has 0 aliphatic carbocycles. The Balaban J connectivity index is 2.02. The summed E-state index contributed by atoms with van der Waals surface area (Å²) in [7, 11) is 1.62. The third-order valence-electron chi connectivity index (χ3n) is 3.54. The number of anilines is 2. The predicted octanol–water partition coefficient (Wildman–Crippen LogP) is 2.66. The SMILES string of the molecule is COc1ccc2nc(C)cc(Nc3ccc(C(=O)[O-])cc3)c2c1. The van der Waals surface area contributed by atoms with E-state index in [2.05, 4.69) is 10.3 Å². The second-order valence-corrected chi connectivity index (χ2v) is 5.18. The maximum atomic E-state index is 10.8. The van der Waals surface area contributed by atoms with Gasteiger partial charge in [-0.1, -0.05) is 12.1 Å². The van der Waals surface area contributed by atoms with E-state index in [9.17, 15) is 9.90 Å². The molecule has 0 atom stereocenters. The molecule has 0 saturated carbocycles. The number of ether oxygens (including phenoxy) is 1. The molecule has 0 spiro atoms. The van der Waals surface area contributed by atoms with E-state index in [0.29, 0.717) is 0 Å². The molecule has 0 unspecified atom stereocenters. The molecule has 0 fully saturated rings. The summed E-state index contributed by atoms with van der Waals surface area (Å²) in [4.78, 5) is 15.3. The van der Waals surface area contributed by atoms with Gasteiger partial charge in [0.25, 0.3) is 0 Å². The Labute approximate surface area is 133 Å². The Kier molecular flexibility index (Phi) is 3.85. The minimum atomic E-state index is -1.19. The number of nitrogens with one attached hydrogen (secondary N) is 1. The average Bonchev–Trinajstić information content (AvgIpc) is 2.55. The summed E-state index contributed by atoms with van der Waals surface area (Å²) in [6.45, 7) is 1.92. The number of hydrogen-bond donors (Lipinski definition) is 1. The van der Waals surface area contributed by atoms with Crippen LogP contribution in [0.2, 0.25) is 0 Å². The van der Waals surface area contributed by atoms with E-state index in [4.69, 9.17) is 4.74 Å². The second-order valence-electron chi connectivity index (χ2n) is 5.18. The summed E-state index contributed by atoms with van der Waals surface area (Å²) in [5.74, 6) is -0.440. The van der Waals surface area contributed by atoms with Gasteiger partial charge in [-0.25, -0.2) is 0 Å². The highest BCUT2D eigenvalue weighted by atomic mass is 16.5. The monoisotopic (exact) mass is 307 g/mol. The number of fused-ring (bicyclic) bond motifs is 1. The van der Waals surface area contributed by atoms with Crippen molar-refractivity contribution in [2.24, 2.45) is 0 Å². The molecule has 0 saturated heterocycles. The number of carbonyl (C=O) groups is 1. The molecule has 116 valence electrons. The van der Waals surface area contributed by atoms with Crippen molar-refractivity contribution in [1.82, 2.24) is 4.98 Å². The van der Waals surface area contributed by atoms with Gasteiger partial charge in [-0.3, -0.25) is 4.98 Å². The summed E-state index contributed by atoms with van der Waals surface area (Å²) in [5, 5.41) is 15.0. The third kappa shape index (κ3) is 3.08. The number of benzene rings is 2. The average molecular weight is 307 g/mol. The zero-order valence-corrected chi connectivity index (χ0v) is 12.8. The maximum absolute atomic E-state index is 10.8. The topological polar surface area (TPSA) is 74.3 Å². The van der Waals surface area contributed by atoms with Crippen LogP contribution < -0.4 is 15.2 Å². The van der Waals surface area contributed by atoms with Gasteiger partial charge >= 0.3 is 0 Å². The van der Waals surface area contributed by atoms with Gasteiger partial charge in [-0.05, 0) is 48.9 Å². The first-order valence-electron chi connectivity index (χ1n) is 7.10. The first-order valence-corrected chi connectivity index (χ1v) is 7.10. The lowest BCUT2D eigenvalue weighted by atomic mass is 10.1. The van der Waals surface area contributed by atoms with E-state index in [1.54, 1.807) is 19.2 Å². The van der Waals surface area contributed by atoms with Crippen molar-refractivity contribution in [3.63, 3.8) is 0 Å². The zero-order chi connectivity index (χ0) is 16.4. The van der Waals surface area contributed by atoms with Crippen LogP contribution in [0.25, 0.3) is 10.9 Å². The Morgan fingerprint density at radius 1 is 1.13 bits per heavy atom. The molecule has 1 aromatic heterocycles. The van der Waals surface area contributed by atoms with Gasteiger partial charge < -0.3 is 20.0 Å². The molecule has 1 heterocycles. The van der Waals surface area contributed by atoms with Gasteiger partial charge in [-0.15, -0.1) is 0 Å². The maximum Gasteiger partial charge on any atom is 0.119 e. The third-order valence-corrected chi connectivity index (χ3v) is 3.54. The van der Waals surface area contributed by atoms with Crippen LogP contribution in [0.4, 0.5) is 11.4 Å². The van der Waals surface area contributed by atoms with E-state index in [1.807, 2.05) is 31.2 Å². The normalized spacial score (nSPS) is 10.5. The minimum absolute atomic E-state index is 0.146. The lowest BCUT2D eigenvalue weighted by Crippen LogP contribution is -2.21. The van der Waals surface area contributed by atoms with Crippen LogP contribution >= 0.6 is 0 Å². The number of methoxy groups -OCH3 is 1. The Morgan fingerprint density at radius 3 is 2.52 bits per heavy atom. The molecule has 5 heteroatoms. The largest absolute Gasteiger partial charge is 0.545 e. The molecule has 0 aliphatic rings. The van der Waals surface area contributed by atoms with Crippen molar-refractivity contribution in [1.29, 1.82) is 0 Å². The smallest absolute Gasteiger partial charge is 0.119 e. The molecule has 0 amide bonds. The quantitative estimate of drug-likeness (QED) is 0.802. The van der Waals surface area contributed by atoms with Crippen LogP contribution in [0.3, 0.4) is 0 Å². The summed E-state index contributed by atoms with van der Waals surface area (Å²) in [5.41, 5.74) is 3.56. The van der Waals surface area contributed by atoms with Crippen molar-refractivity contribution in [3.8, 4) is 5.75 Å². The molecule has 23 heavy (non-hydrogen) atoms. The van der Waals surface area contributed by atoms with Crippen LogP contribution in [0.1, 0.15) is 16.1 Å². The molecule has 0 bridgehead atoms. The Morgan fingerprint density at radius 2 is 1.87 bits per heavy atom. The summed E-state index contributed by atoms with van der Waals surface area (Å²) in [6.07, 6.45) is 0. The van der Waals surface area contributed by atoms with Crippen LogP contribution in [-0.4, -0.2) is 18.1 Å². The van der Waals surface area contributed by atoms with Crippen molar-refractivity contribution in [2.75, 3.05) is 12.4 Å². The molecule has 0 radical (unpaired) electrons. The van der Waals surface area contributed by atoms with Gasteiger partial charge in [-0.2, -0.15) is 0 Å². The number of aryl methyl sites for hydroxylation is 1. The molecular formula is C18H15N2O3-. The minimum Gasteiger partial charge on any atom is -0.545 e. The second kappa shape index (κ2) is 5.96. The summed E-state index contributed by atoms with van der Waals surface area (Å²) < 4.78 is 5.27. The van der Waals surface area contributed by atoms with Crippen molar-refractivity contribution in [2.45, 2.75) is 6.92 Å². The van der Waals surface area contributed by atoms with E-state index in [1.165, 1.54) is 12.1 Å². The first-order chi connectivity index (χ1) is 11.1. The van der Waals surface area contributed by atoms with Crippen LogP contribution in [-0.2, 0) is 0 Å². The number of carboxylic acids is 1. The van der Waals surface area contributed by atoms with Crippen LogP contribution in [0.15, 0.2) is 48.5 Å². The van der Waals surface area contributed by atoms with Crippen molar-refractivity contribution in [3.05, 3.63) is 59.8 Å². The van der Waals surface area contributed by atoms with Crippen molar-refractivity contribution < 1.29 is 14.6 Å². The molecule has 3 rings (SSSR count). The van der Waals surface area contributed by atoms with Gasteiger partial charge in [0.1, 0.15) is 5.75 Å². The van der Waals surface area contributed by atoms with Crippen LogP contribution in [0, 0.1) is 6.92 Å². The van der Waals surface area contributed by atoms with Gasteiger partial charge in [0.2, 0.25) is 0 Å². The molecule has 3 aromatic rings. The molecule has 1 N–H and O–H groups in total. The number of pyridine rings is 1. The molecule has 2 aromatic carbocycles. The summed E-state index contributed by atoms with van der Waals surface area (Å²) in [6, 6.07) is 14.1. The number of rotatable bonds is 4. The van der Waals surface area contributed by atoms with Gasteiger partial charge in [0, 0.05) is 22.5 Å². The van der Waals surface area contributed by atoms with E-state index in [0.717, 1.165) is 33.7 Å². The van der Waals surface area contributed by atoms with Crippen molar-refractivity contribution >= 4 is 28.2 Å². The van der Waals surface area contributed by atoms with Crippen LogP contribution in [0.5, 0.6) is 5.75 Å². The van der Waals surface area contributed by atoms with Gasteiger partial charge in [0.05, 0.1) is 18.6 Å².